The molecule has 6 rings (SSSR count). The predicted octanol–water partition coefficient (Wildman–Crippen LogP) is 8.56. The molecule has 1 aliphatic rings. The van der Waals surface area contributed by atoms with Crippen molar-refractivity contribution in [3.8, 4) is 0 Å². The topological polar surface area (TPSA) is 37.5 Å². The number of nitrogens with zero attached hydrogens (tertiary/aromatic N) is 1. The van der Waals surface area contributed by atoms with Crippen LogP contribution in [0.25, 0.3) is 33.3 Å². The van der Waals surface area contributed by atoms with Gasteiger partial charge in [-0.3, -0.25) is 0 Å². The number of aliphatic imine (C=N–C) groups is 1. The van der Waals surface area contributed by atoms with Crippen molar-refractivity contribution < 1.29 is 4.42 Å². The summed E-state index contributed by atoms with van der Waals surface area (Å²) in [5, 5.41) is 5.80. The monoisotopic (exact) mass is 518 g/mol. The van der Waals surface area contributed by atoms with Gasteiger partial charge in [0.1, 0.15) is 17.0 Å². The van der Waals surface area contributed by atoms with E-state index in [4.69, 9.17) is 9.41 Å². The van der Waals surface area contributed by atoms with Gasteiger partial charge in [-0.15, -0.1) is 0 Å². The Balaban J connectivity index is 1.62. The minimum Gasteiger partial charge on any atom is -0.456 e. The van der Waals surface area contributed by atoms with E-state index in [2.05, 4.69) is 94.9 Å². The van der Waals surface area contributed by atoms with Gasteiger partial charge in [0.15, 0.2) is 0 Å². The zero-order valence-electron chi connectivity index (χ0n) is 19.3. The molecule has 0 saturated heterocycles. The Labute approximate surface area is 212 Å². The number of fused-ring (bicyclic) bond motifs is 3. The fourth-order valence-electron chi connectivity index (χ4n) is 4.60. The number of hydrogen-bond acceptors (Lipinski definition) is 3. The Hall–Kier alpha value is -3.89. The van der Waals surface area contributed by atoms with E-state index in [0.717, 1.165) is 66.8 Å². The zero-order valence-corrected chi connectivity index (χ0v) is 20.8. The molecule has 0 aliphatic carbocycles. The molecule has 35 heavy (non-hydrogen) atoms. The number of allylic oxidation sites excluding steroid dienone is 2. The largest absolute Gasteiger partial charge is 0.456 e. The van der Waals surface area contributed by atoms with E-state index in [1.54, 1.807) is 0 Å². The molecule has 0 saturated carbocycles. The van der Waals surface area contributed by atoms with Crippen LogP contribution in [0.15, 0.2) is 123 Å². The molecular formula is C31H23BrN2O. The Bertz CT molecular complexity index is 1640. The van der Waals surface area contributed by atoms with Crippen molar-refractivity contribution in [1.29, 1.82) is 0 Å². The maximum atomic E-state index is 6.21. The number of halogens is 1. The maximum Gasteiger partial charge on any atom is 0.139 e. The molecule has 0 unspecified atom stereocenters. The van der Waals surface area contributed by atoms with Gasteiger partial charge >= 0.3 is 0 Å². The van der Waals surface area contributed by atoms with Crippen LogP contribution in [0.2, 0.25) is 0 Å². The SMILES string of the molecule is CC1=C(c2ccccc2)N=C(c2cccc3oc4ccc(Br)cc4c23)N/C(c2ccccc2)=C/C1. The van der Waals surface area contributed by atoms with E-state index < -0.39 is 0 Å². The molecule has 4 heteroatoms. The molecule has 1 aliphatic heterocycles. The second-order valence-electron chi connectivity index (χ2n) is 8.69. The molecular weight excluding hydrogens is 496 g/mol. The van der Waals surface area contributed by atoms with Crippen LogP contribution in [-0.4, -0.2) is 5.84 Å². The van der Waals surface area contributed by atoms with E-state index in [1.807, 2.05) is 36.4 Å². The summed E-state index contributed by atoms with van der Waals surface area (Å²) in [6.45, 7) is 2.17. The Morgan fingerprint density at radius 2 is 1.54 bits per heavy atom. The Morgan fingerprint density at radius 3 is 2.31 bits per heavy atom. The Morgan fingerprint density at radius 1 is 0.800 bits per heavy atom. The van der Waals surface area contributed by atoms with Gasteiger partial charge in [0, 0.05) is 32.1 Å². The first kappa shape index (κ1) is 21.6. The highest BCUT2D eigenvalue weighted by Gasteiger charge is 2.19. The van der Waals surface area contributed by atoms with Crippen LogP contribution >= 0.6 is 15.9 Å². The van der Waals surface area contributed by atoms with Crippen LogP contribution in [0.4, 0.5) is 0 Å². The lowest BCUT2D eigenvalue weighted by molar-refractivity contribution is 0.669. The van der Waals surface area contributed by atoms with Gasteiger partial charge < -0.3 is 9.73 Å². The molecule has 5 aromatic rings. The average Bonchev–Trinajstić information content (AvgIpc) is 3.26. The molecule has 0 bridgehead atoms. The summed E-state index contributed by atoms with van der Waals surface area (Å²) in [6.07, 6.45) is 3.07. The maximum absolute atomic E-state index is 6.21. The standard InChI is InChI=1S/C31H23BrN2O/c1-20-15-17-26(21-9-4-2-5-10-21)33-31(34-30(20)22-11-6-3-7-12-22)24-13-8-14-28-29(24)25-19-23(32)16-18-27(25)35-28/h2-14,16-19H,15H2,1H3,(H,33,34)/b26-17+,30-20?. The summed E-state index contributed by atoms with van der Waals surface area (Å²) in [5.41, 5.74) is 8.19. The van der Waals surface area contributed by atoms with Crippen molar-refractivity contribution in [3.05, 3.63) is 130 Å². The molecule has 1 aromatic heterocycles. The molecule has 170 valence electrons. The van der Waals surface area contributed by atoms with Crippen molar-refractivity contribution in [2.45, 2.75) is 13.3 Å². The fraction of sp³-hybridized carbons (Fsp3) is 0.0645. The summed E-state index contributed by atoms with van der Waals surface area (Å²) < 4.78 is 7.22. The minimum absolute atomic E-state index is 0.797. The molecule has 0 atom stereocenters. The van der Waals surface area contributed by atoms with Gasteiger partial charge in [0.05, 0.1) is 5.70 Å². The van der Waals surface area contributed by atoms with Crippen molar-refractivity contribution in [2.75, 3.05) is 0 Å². The van der Waals surface area contributed by atoms with Crippen LogP contribution in [0.5, 0.6) is 0 Å². The van der Waals surface area contributed by atoms with E-state index in [-0.39, 0.29) is 0 Å². The minimum atomic E-state index is 0.797. The van der Waals surface area contributed by atoms with Gasteiger partial charge in [-0.1, -0.05) is 94.8 Å². The molecule has 4 aromatic carbocycles. The van der Waals surface area contributed by atoms with E-state index in [0.29, 0.717) is 0 Å². The quantitative estimate of drug-likeness (QED) is 0.259. The van der Waals surface area contributed by atoms with Gasteiger partial charge in [-0.05, 0) is 48.7 Å². The second kappa shape index (κ2) is 9.05. The first-order chi connectivity index (χ1) is 17.2. The van der Waals surface area contributed by atoms with E-state index in [9.17, 15) is 0 Å². The first-order valence-electron chi connectivity index (χ1n) is 11.6. The third-order valence-corrected chi connectivity index (χ3v) is 6.83. The lowest BCUT2D eigenvalue weighted by Gasteiger charge is -2.20. The summed E-state index contributed by atoms with van der Waals surface area (Å²) in [5.74, 6) is 0.797. The number of hydrogen-bond donors (Lipinski definition) is 1. The summed E-state index contributed by atoms with van der Waals surface area (Å²) in [7, 11) is 0. The fourth-order valence-corrected chi connectivity index (χ4v) is 4.97. The summed E-state index contributed by atoms with van der Waals surface area (Å²) >= 11 is 3.63. The van der Waals surface area contributed by atoms with Gasteiger partial charge in [0.2, 0.25) is 0 Å². The highest BCUT2D eigenvalue weighted by Crippen LogP contribution is 2.35. The lowest BCUT2D eigenvalue weighted by atomic mass is 10.0. The van der Waals surface area contributed by atoms with Crippen LogP contribution in [-0.2, 0) is 0 Å². The van der Waals surface area contributed by atoms with E-state index in [1.165, 1.54) is 5.57 Å². The smallest absolute Gasteiger partial charge is 0.139 e. The van der Waals surface area contributed by atoms with Gasteiger partial charge in [0.25, 0.3) is 0 Å². The van der Waals surface area contributed by atoms with Crippen molar-refractivity contribution in [2.24, 2.45) is 4.99 Å². The molecule has 1 N–H and O–H groups in total. The highest BCUT2D eigenvalue weighted by atomic mass is 79.9. The average molecular weight is 519 g/mol. The molecule has 0 amide bonds. The van der Waals surface area contributed by atoms with Crippen LogP contribution < -0.4 is 5.32 Å². The third-order valence-electron chi connectivity index (χ3n) is 6.34. The first-order valence-corrected chi connectivity index (χ1v) is 12.4. The van der Waals surface area contributed by atoms with Crippen molar-refractivity contribution >= 4 is 55.1 Å². The third kappa shape index (κ3) is 4.11. The number of nitrogens with one attached hydrogen (secondary N) is 1. The van der Waals surface area contributed by atoms with Gasteiger partial charge in [-0.25, -0.2) is 4.99 Å². The van der Waals surface area contributed by atoms with Crippen LogP contribution in [0, 0.1) is 0 Å². The molecule has 3 nitrogen and oxygen atoms in total. The van der Waals surface area contributed by atoms with Gasteiger partial charge in [-0.2, -0.15) is 0 Å². The van der Waals surface area contributed by atoms with Crippen LogP contribution in [0.1, 0.15) is 30.0 Å². The van der Waals surface area contributed by atoms with E-state index >= 15 is 0 Å². The highest BCUT2D eigenvalue weighted by molar-refractivity contribution is 9.10. The molecule has 0 fully saturated rings. The molecule has 2 heterocycles. The normalized spacial score (nSPS) is 15.8. The zero-order chi connectivity index (χ0) is 23.8. The summed E-state index contributed by atoms with van der Waals surface area (Å²) in [6, 6.07) is 33.1. The van der Waals surface area contributed by atoms with Crippen molar-refractivity contribution in [3.63, 3.8) is 0 Å². The second-order valence-corrected chi connectivity index (χ2v) is 9.61. The summed E-state index contributed by atoms with van der Waals surface area (Å²) in [4.78, 5) is 5.28. The number of rotatable bonds is 3. The predicted molar refractivity (Wildman–Crippen MR) is 149 cm³/mol. The molecule has 0 spiro atoms. The van der Waals surface area contributed by atoms with Crippen LogP contribution in [0.3, 0.4) is 0 Å². The lowest BCUT2D eigenvalue weighted by Crippen LogP contribution is -2.24. The number of amidine groups is 1. The Kier molecular flexibility index (Phi) is 5.59. The van der Waals surface area contributed by atoms with Crippen molar-refractivity contribution in [1.82, 2.24) is 5.32 Å². The number of furan rings is 1. The molecule has 0 radical (unpaired) electrons. The number of benzene rings is 4.